The van der Waals surface area contributed by atoms with E-state index < -0.39 is 42.5 Å². The van der Waals surface area contributed by atoms with Crippen molar-refractivity contribution in [3.05, 3.63) is 83.9 Å². The third-order valence-corrected chi connectivity index (χ3v) is 8.65. The molecule has 0 N–H and O–H groups in total. The zero-order chi connectivity index (χ0) is 22.9. The summed E-state index contributed by atoms with van der Waals surface area (Å²) in [5.74, 6) is -1.66. The van der Waals surface area contributed by atoms with Crippen molar-refractivity contribution >= 4 is 25.6 Å². The van der Waals surface area contributed by atoms with Crippen LogP contribution in [0.25, 0.3) is 0 Å². The Hall–Kier alpha value is -2.98. The Morgan fingerprint density at radius 3 is 2.47 bits per heavy atom. The molecule has 168 valence electrons. The lowest BCUT2D eigenvalue weighted by Crippen LogP contribution is -2.40. The van der Waals surface area contributed by atoms with E-state index in [1.165, 1.54) is 47.4 Å². The molecule has 0 saturated carbocycles. The number of amides is 1. The second-order valence-corrected chi connectivity index (χ2v) is 11.7. The van der Waals surface area contributed by atoms with Gasteiger partial charge in [0.2, 0.25) is 14.9 Å². The van der Waals surface area contributed by atoms with Crippen molar-refractivity contribution in [2.45, 2.75) is 29.0 Å². The van der Waals surface area contributed by atoms with E-state index in [-0.39, 0.29) is 35.1 Å². The highest BCUT2D eigenvalue weighted by atomic mass is 32.2. The van der Waals surface area contributed by atoms with Gasteiger partial charge in [0.05, 0.1) is 16.4 Å². The Morgan fingerprint density at radius 1 is 1.06 bits per heavy atom. The molecule has 0 unspecified atom stereocenters. The van der Waals surface area contributed by atoms with Gasteiger partial charge in [-0.25, -0.2) is 21.2 Å². The molecule has 1 aromatic heterocycles. The minimum atomic E-state index is -3.96. The summed E-state index contributed by atoms with van der Waals surface area (Å²) in [6, 6.07) is 15.1. The van der Waals surface area contributed by atoms with Gasteiger partial charge in [-0.2, -0.15) is 0 Å². The lowest BCUT2D eigenvalue weighted by Gasteiger charge is -2.27. The van der Waals surface area contributed by atoms with Crippen LogP contribution < -0.4 is 0 Å². The molecule has 7 nitrogen and oxygen atoms in total. The van der Waals surface area contributed by atoms with E-state index in [1.54, 1.807) is 24.3 Å². The first kappa shape index (κ1) is 22.2. The number of carbonyl (C=O) groups excluding carboxylic acids is 1. The molecule has 32 heavy (non-hydrogen) atoms. The summed E-state index contributed by atoms with van der Waals surface area (Å²) in [6.07, 6.45) is 0.235. The van der Waals surface area contributed by atoms with Crippen LogP contribution in [0.4, 0.5) is 4.39 Å². The molecule has 2 aromatic carbocycles. The van der Waals surface area contributed by atoms with Crippen LogP contribution in [0.5, 0.6) is 0 Å². The van der Waals surface area contributed by atoms with Crippen LogP contribution in [0.3, 0.4) is 0 Å². The highest BCUT2D eigenvalue weighted by Crippen LogP contribution is 2.26. The van der Waals surface area contributed by atoms with Gasteiger partial charge in [0, 0.05) is 12.6 Å². The van der Waals surface area contributed by atoms with E-state index in [1.807, 2.05) is 0 Å². The Bertz CT molecular complexity index is 1350. The zero-order valence-corrected chi connectivity index (χ0v) is 18.5. The second kappa shape index (κ2) is 8.51. The van der Waals surface area contributed by atoms with Gasteiger partial charge in [-0.1, -0.05) is 30.3 Å². The van der Waals surface area contributed by atoms with Crippen molar-refractivity contribution in [3.63, 3.8) is 0 Å². The average molecular weight is 478 g/mol. The topological polar surface area (TPSA) is 102 Å². The molecule has 0 spiro atoms. The SMILES string of the molecule is O=C(c1ccc(S(=O)(=O)c2ccccc2)o1)N(Cc1cccc(F)c1)[C@H]1CCS(=O)(=O)C1. The van der Waals surface area contributed by atoms with Crippen LogP contribution in [-0.2, 0) is 26.2 Å². The van der Waals surface area contributed by atoms with Gasteiger partial charge in [-0.3, -0.25) is 4.79 Å². The fraction of sp³-hybridized carbons (Fsp3) is 0.227. The molecule has 10 heteroatoms. The maximum absolute atomic E-state index is 13.7. The molecule has 1 aliphatic rings. The van der Waals surface area contributed by atoms with E-state index in [9.17, 15) is 26.0 Å². The number of benzene rings is 2. The maximum Gasteiger partial charge on any atom is 0.290 e. The first-order valence-electron chi connectivity index (χ1n) is 9.81. The Morgan fingerprint density at radius 2 is 1.81 bits per heavy atom. The van der Waals surface area contributed by atoms with Gasteiger partial charge in [0.1, 0.15) is 5.82 Å². The molecule has 1 fully saturated rings. The van der Waals surface area contributed by atoms with Gasteiger partial charge in [0.15, 0.2) is 15.6 Å². The van der Waals surface area contributed by atoms with E-state index >= 15 is 0 Å². The van der Waals surface area contributed by atoms with Gasteiger partial charge in [-0.15, -0.1) is 0 Å². The van der Waals surface area contributed by atoms with E-state index in [0.717, 1.165) is 0 Å². The van der Waals surface area contributed by atoms with Gasteiger partial charge >= 0.3 is 0 Å². The third-order valence-electron chi connectivity index (χ3n) is 5.26. The lowest BCUT2D eigenvalue weighted by atomic mass is 10.1. The van der Waals surface area contributed by atoms with Crippen LogP contribution in [0, 0.1) is 5.82 Å². The molecule has 3 aromatic rings. The van der Waals surface area contributed by atoms with Crippen LogP contribution in [0.15, 0.2) is 81.1 Å². The molecule has 0 radical (unpaired) electrons. The first-order valence-corrected chi connectivity index (χ1v) is 13.1. The van der Waals surface area contributed by atoms with Crippen LogP contribution in [-0.4, -0.2) is 45.2 Å². The van der Waals surface area contributed by atoms with Crippen molar-refractivity contribution in [2.75, 3.05) is 11.5 Å². The molecular weight excluding hydrogens is 457 g/mol. The Balaban J connectivity index is 1.65. The van der Waals surface area contributed by atoms with Crippen LogP contribution in [0.1, 0.15) is 22.5 Å². The molecule has 1 amide bonds. The number of hydrogen-bond donors (Lipinski definition) is 0. The maximum atomic E-state index is 13.7. The quantitative estimate of drug-likeness (QED) is 0.541. The number of nitrogens with zero attached hydrogens (tertiary/aromatic N) is 1. The summed E-state index contributed by atoms with van der Waals surface area (Å²) in [6.45, 7) is -0.0434. The van der Waals surface area contributed by atoms with Crippen molar-refractivity contribution < 1.29 is 30.4 Å². The average Bonchev–Trinajstić information content (AvgIpc) is 3.39. The summed E-state index contributed by atoms with van der Waals surface area (Å²) in [4.78, 5) is 14.6. The molecule has 1 atom stereocenters. The van der Waals surface area contributed by atoms with Crippen molar-refractivity contribution in [3.8, 4) is 0 Å². The Labute approximate surface area is 185 Å². The Kier molecular flexibility index (Phi) is 5.91. The minimum absolute atomic E-state index is 0.0202. The number of furan rings is 1. The number of hydrogen-bond acceptors (Lipinski definition) is 6. The number of rotatable bonds is 6. The van der Waals surface area contributed by atoms with E-state index in [0.29, 0.717) is 5.56 Å². The van der Waals surface area contributed by atoms with Gasteiger partial charge < -0.3 is 9.32 Å². The fourth-order valence-electron chi connectivity index (χ4n) is 3.66. The monoisotopic (exact) mass is 477 g/mol. The smallest absolute Gasteiger partial charge is 0.290 e. The molecule has 2 heterocycles. The molecule has 0 aliphatic carbocycles. The van der Waals surface area contributed by atoms with Crippen molar-refractivity contribution in [2.24, 2.45) is 0 Å². The summed E-state index contributed by atoms with van der Waals surface area (Å²) in [5.41, 5.74) is 0.478. The predicted molar refractivity (Wildman–Crippen MR) is 114 cm³/mol. The summed E-state index contributed by atoms with van der Waals surface area (Å²) in [7, 11) is -7.27. The summed E-state index contributed by atoms with van der Waals surface area (Å²) >= 11 is 0. The largest absolute Gasteiger partial charge is 0.439 e. The zero-order valence-electron chi connectivity index (χ0n) is 16.8. The van der Waals surface area contributed by atoms with Crippen molar-refractivity contribution in [1.82, 2.24) is 4.90 Å². The molecule has 1 saturated heterocycles. The van der Waals surface area contributed by atoms with Crippen LogP contribution in [0.2, 0.25) is 0 Å². The number of halogens is 1. The van der Waals surface area contributed by atoms with Crippen molar-refractivity contribution in [1.29, 1.82) is 0 Å². The van der Waals surface area contributed by atoms with E-state index in [4.69, 9.17) is 4.42 Å². The number of carbonyl (C=O) groups is 1. The molecule has 0 bridgehead atoms. The van der Waals surface area contributed by atoms with Gasteiger partial charge in [-0.05, 0) is 48.4 Å². The number of sulfone groups is 2. The lowest BCUT2D eigenvalue weighted by molar-refractivity contribution is 0.0642. The molecular formula is C22H20FNO6S2. The third kappa shape index (κ3) is 4.61. The highest BCUT2D eigenvalue weighted by molar-refractivity contribution is 7.91. The highest BCUT2D eigenvalue weighted by Gasteiger charge is 2.36. The predicted octanol–water partition coefficient (Wildman–Crippen LogP) is 3.08. The second-order valence-electron chi connectivity index (χ2n) is 7.56. The minimum Gasteiger partial charge on any atom is -0.439 e. The molecule has 1 aliphatic heterocycles. The summed E-state index contributed by atoms with van der Waals surface area (Å²) < 4.78 is 68.6. The molecule has 4 rings (SSSR count). The summed E-state index contributed by atoms with van der Waals surface area (Å²) in [5, 5.41) is -0.392. The van der Waals surface area contributed by atoms with Crippen LogP contribution >= 0.6 is 0 Å². The first-order chi connectivity index (χ1) is 15.2. The fourth-order valence-corrected chi connectivity index (χ4v) is 6.58. The van der Waals surface area contributed by atoms with E-state index in [2.05, 4.69) is 0 Å². The normalized spacial score (nSPS) is 17.8. The standard InChI is InChI=1S/C22H20FNO6S2/c23-17-6-4-5-16(13-17)14-24(18-11-12-31(26,27)15-18)22(25)20-9-10-21(30-20)32(28,29)19-7-2-1-3-8-19/h1-10,13,18H,11-12,14-15H2/t18-/m0/s1. The van der Waals surface area contributed by atoms with Gasteiger partial charge in [0.25, 0.3) is 5.91 Å².